The molecule has 0 saturated heterocycles. The van der Waals surface area contributed by atoms with Crippen molar-refractivity contribution in [2.75, 3.05) is 0 Å². The van der Waals surface area contributed by atoms with Crippen molar-refractivity contribution in [3.8, 4) is 0 Å². The minimum Gasteiger partial charge on any atom is -0.355 e. The summed E-state index contributed by atoms with van der Waals surface area (Å²) in [6.07, 6.45) is 22.9. The first kappa shape index (κ1) is 71.2. The number of nitrogens with one attached hydrogen (secondary N) is 2. The fraction of sp³-hybridized carbons (Fsp3) is 0.250. The van der Waals surface area contributed by atoms with Crippen LogP contribution in [0.15, 0.2) is 165 Å². The Morgan fingerprint density at radius 1 is 0.318 bits per heavy atom. The zero-order valence-corrected chi connectivity index (χ0v) is 53.8. The molecule has 7 aromatic rings. The Hall–Kier alpha value is -6.26. The van der Waals surface area contributed by atoms with Crippen LogP contribution in [-0.2, 0) is 85.6 Å². The van der Waals surface area contributed by atoms with Gasteiger partial charge in [-0.05, 0) is 169 Å². The van der Waals surface area contributed by atoms with E-state index in [1.807, 2.05) is 66.8 Å². The third-order valence-corrected chi connectivity index (χ3v) is 16.1. The SMILES string of the molecule is C1=Cc2cc3ccc(cc4ccc(cc5nc(cc1n2)C=C5)[nH]4)[nH]3.[CH2-]CCCCc1cccc(S(=O)(=O)O)c1.[CH2-]CCCCc1cccc(S(=O)(=O)O)c1.[CH2-]CCCCc1cccc(S(=O)(=O)O)c1.[CH2-]CCCCc1cccc(S(=O)(=O)O)c1.[Zn]. The van der Waals surface area contributed by atoms with E-state index in [0.29, 0.717) is 0 Å². The van der Waals surface area contributed by atoms with Crippen LogP contribution in [0.4, 0.5) is 0 Å². The number of nitrogens with zero attached hydrogens (tertiary/aromatic N) is 2. The summed E-state index contributed by atoms with van der Waals surface area (Å²) in [5, 5.41) is 0. The van der Waals surface area contributed by atoms with Gasteiger partial charge in [0, 0.05) is 41.5 Å². The summed E-state index contributed by atoms with van der Waals surface area (Å²) in [6, 6.07) is 42.0. The molecule has 21 heteroatoms. The summed E-state index contributed by atoms with van der Waals surface area (Å²) in [5.41, 5.74) is 11.6. The van der Waals surface area contributed by atoms with Crippen molar-refractivity contribution in [2.45, 2.75) is 122 Å². The molecule has 0 saturated carbocycles. The maximum atomic E-state index is 10.9. The van der Waals surface area contributed by atoms with Crippen molar-refractivity contribution >= 4 is 86.8 Å². The topological polar surface area (TPSA) is 275 Å². The molecule has 2 aliphatic heterocycles. The molecule has 3 aromatic heterocycles. The van der Waals surface area contributed by atoms with Crippen molar-refractivity contribution in [1.82, 2.24) is 19.9 Å². The molecule has 5 heterocycles. The van der Waals surface area contributed by atoms with Gasteiger partial charge in [0.1, 0.15) is 0 Å². The smallest absolute Gasteiger partial charge is 0.294 e. The number of hydrogen-bond acceptors (Lipinski definition) is 10. The van der Waals surface area contributed by atoms with E-state index in [0.717, 1.165) is 170 Å². The molecule has 9 rings (SSSR count). The van der Waals surface area contributed by atoms with Crippen LogP contribution >= 0.6 is 0 Å². The fourth-order valence-electron chi connectivity index (χ4n) is 8.41. The van der Waals surface area contributed by atoms with Gasteiger partial charge in [0.2, 0.25) is 0 Å². The number of benzene rings is 4. The first-order valence-corrected chi connectivity index (χ1v) is 33.2. The van der Waals surface area contributed by atoms with Crippen LogP contribution in [0.3, 0.4) is 0 Å². The molecule has 0 aliphatic carbocycles. The van der Waals surface area contributed by atoms with Crippen LogP contribution in [-0.4, -0.2) is 71.8 Å². The molecule has 0 atom stereocenters. The zero-order chi connectivity index (χ0) is 61.2. The second-order valence-electron chi connectivity index (χ2n) is 19.6. The summed E-state index contributed by atoms with van der Waals surface area (Å²) < 4.78 is 122. The number of aryl methyl sites for hydroxylation is 4. The molecule has 4 aromatic carbocycles. The third kappa shape index (κ3) is 26.5. The van der Waals surface area contributed by atoms with Gasteiger partial charge in [-0.2, -0.15) is 59.4 Å². The average molecular weight is 1280 g/mol. The van der Waals surface area contributed by atoms with Crippen molar-refractivity contribution < 1.29 is 71.4 Å². The molecule has 452 valence electrons. The quantitative estimate of drug-likeness (QED) is 0.0179. The van der Waals surface area contributed by atoms with Gasteiger partial charge in [-0.15, -0.1) is 0 Å². The molecule has 0 fully saturated rings. The zero-order valence-electron chi connectivity index (χ0n) is 47.6. The van der Waals surface area contributed by atoms with E-state index in [1.165, 1.54) is 48.5 Å². The first-order chi connectivity index (χ1) is 39.9. The summed E-state index contributed by atoms with van der Waals surface area (Å²) in [4.78, 5) is 15.9. The van der Waals surface area contributed by atoms with E-state index < -0.39 is 40.5 Å². The molecule has 6 N–H and O–H groups in total. The van der Waals surface area contributed by atoms with E-state index in [-0.39, 0.29) is 39.1 Å². The second kappa shape index (κ2) is 35.4. The predicted octanol–water partition coefficient (Wildman–Crippen LogP) is 14.6. The fourth-order valence-corrected chi connectivity index (χ4v) is 10.6. The molecule has 0 amide bonds. The summed E-state index contributed by atoms with van der Waals surface area (Å²) in [5.74, 6) is 0. The largest absolute Gasteiger partial charge is 0.355 e. The number of unbranched alkanes of at least 4 members (excludes halogenated alkanes) is 8. The first-order valence-electron chi connectivity index (χ1n) is 27.4. The van der Waals surface area contributed by atoms with Gasteiger partial charge in [-0.3, -0.25) is 18.2 Å². The van der Waals surface area contributed by atoms with Gasteiger partial charge in [0.15, 0.2) is 0 Å². The third-order valence-electron chi connectivity index (χ3n) is 12.7. The van der Waals surface area contributed by atoms with Gasteiger partial charge < -0.3 is 37.7 Å². The Labute approximate surface area is 515 Å². The van der Waals surface area contributed by atoms with Crippen molar-refractivity contribution in [1.29, 1.82) is 0 Å². The normalized spacial score (nSPS) is 11.8. The molecular weight excluding hydrogens is 1210 g/mol. The number of aromatic nitrogens is 4. The molecule has 0 spiro atoms. The van der Waals surface area contributed by atoms with E-state index in [2.05, 4.69) is 78.0 Å². The standard InChI is InChI=1S/C20H14N4.4C11H15O3S.Zn/c1-2-14-10-16-5-6-18(23-16)12-20-8-7-19(24-20)11-17-4-3-15(22-17)9-13(1)21-14;4*1-2-3-4-6-10-7-5-8-11(9-10)15(12,13)14;/h1-12,21-22H;4*5,7-9H,1-4,6H2,(H,12,13,14);/q;4*-1;. The molecule has 0 radical (unpaired) electrons. The number of aromatic amines is 2. The maximum Gasteiger partial charge on any atom is 0.294 e. The molecule has 16 nitrogen and oxygen atoms in total. The van der Waals surface area contributed by atoms with Gasteiger partial charge in [-0.1, -0.05) is 99.9 Å². The second-order valence-corrected chi connectivity index (χ2v) is 25.3. The summed E-state index contributed by atoms with van der Waals surface area (Å²) in [6.45, 7) is 15.0. The summed E-state index contributed by atoms with van der Waals surface area (Å²) in [7, 11) is -16.3. The van der Waals surface area contributed by atoms with E-state index in [9.17, 15) is 33.7 Å². The Balaban J connectivity index is 0.000000232. The van der Waals surface area contributed by atoms with E-state index >= 15 is 0 Å². The van der Waals surface area contributed by atoms with Crippen LogP contribution in [0.2, 0.25) is 0 Å². The van der Waals surface area contributed by atoms with Gasteiger partial charge in [0.05, 0.1) is 42.4 Å². The molecular formula is C64H74N4O12S4Zn-4. The monoisotopic (exact) mass is 1280 g/mol. The van der Waals surface area contributed by atoms with Gasteiger partial charge in [-0.25, -0.2) is 9.97 Å². The Morgan fingerprint density at radius 2 is 0.553 bits per heavy atom. The number of hydrogen-bond donors (Lipinski definition) is 6. The van der Waals surface area contributed by atoms with Crippen LogP contribution < -0.4 is 0 Å². The van der Waals surface area contributed by atoms with Crippen molar-refractivity contribution in [2.24, 2.45) is 0 Å². The minimum absolute atomic E-state index is 0. The molecule has 8 bridgehead atoms. The van der Waals surface area contributed by atoms with Crippen molar-refractivity contribution in [3.05, 3.63) is 218 Å². The van der Waals surface area contributed by atoms with E-state index in [1.54, 1.807) is 24.3 Å². The predicted molar refractivity (Wildman–Crippen MR) is 336 cm³/mol. The number of rotatable bonds is 20. The number of fused-ring (bicyclic) bond motifs is 8. The van der Waals surface area contributed by atoms with Gasteiger partial charge >= 0.3 is 0 Å². The minimum atomic E-state index is -4.07. The Kier molecular flexibility index (Phi) is 29.7. The Morgan fingerprint density at radius 3 is 0.788 bits per heavy atom. The van der Waals surface area contributed by atoms with Crippen molar-refractivity contribution in [3.63, 3.8) is 0 Å². The van der Waals surface area contributed by atoms with Crippen LogP contribution in [0.25, 0.3) is 46.4 Å². The van der Waals surface area contributed by atoms with Crippen LogP contribution in [0.1, 0.15) is 122 Å². The number of H-pyrrole nitrogens is 2. The molecule has 85 heavy (non-hydrogen) atoms. The maximum absolute atomic E-state index is 10.9. The molecule has 2 aliphatic rings. The summed E-state index contributed by atoms with van der Waals surface area (Å²) >= 11 is 0. The average Bonchev–Trinajstić information content (AvgIpc) is 4.43. The Bertz CT molecular complexity index is 3540. The van der Waals surface area contributed by atoms with Crippen LogP contribution in [0.5, 0.6) is 0 Å². The molecule has 0 unspecified atom stereocenters. The van der Waals surface area contributed by atoms with E-state index in [4.69, 9.17) is 18.2 Å². The van der Waals surface area contributed by atoms with Gasteiger partial charge in [0.25, 0.3) is 40.5 Å². The van der Waals surface area contributed by atoms with Crippen LogP contribution in [0, 0.1) is 27.7 Å².